The van der Waals surface area contributed by atoms with Crippen LogP contribution in [0.4, 0.5) is 0 Å². The van der Waals surface area contributed by atoms with E-state index in [1.165, 1.54) is 11.1 Å². The first-order chi connectivity index (χ1) is 4.75. The van der Waals surface area contributed by atoms with Crippen LogP contribution in [-0.2, 0) is 31.5 Å². The molecule has 0 bridgehead atoms. The van der Waals surface area contributed by atoms with E-state index in [4.69, 9.17) is 2.05 Å². The monoisotopic (exact) mass is 210 g/mol. The van der Waals surface area contributed by atoms with E-state index in [9.17, 15) is 0 Å². The number of hydrogen-bond acceptors (Lipinski definition) is 1. The summed E-state index contributed by atoms with van der Waals surface area (Å²) in [5.74, 6) is 1.06. The van der Waals surface area contributed by atoms with Gasteiger partial charge in [-0.15, -0.1) is 0 Å². The molecule has 0 heterocycles. The molecule has 0 saturated carbocycles. The van der Waals surface area contributed by atoms with E-state index in [1.807, 2.05) is 6.07 Å². The van der Waals surface area contributed by atoms with E-state index < -0.39 is 0 Å². The minimum atomic E-state index is 0.833. The van der Waals surface area contributed by atoms with E-state index in [2.05, 4.69) is 26.0 Å². The summed E-state index contributed by atoms with van der Waals surface area (Å²) in [6.45, 7) is 4.14. The normalized spacial score (nSPS) is 9.30. The molecule has 0 aliphatic rings. The standard InChI is InChI=1S/C8H10O.Y/c1-6-4-3-5-7(2)8(6)9;/h3-5,9H,1-2H3;/q;+1/p-1. The Bertz CT molecular complexity index is 212. The maximum atomic E-state index is 5.31. The Balaban J connectivity index is 3.17. The van der Waals surface area contributed by atoms with Crippen LogP contribution in [-0.4, -0.2) is 0 Å². The Morgan fingerprint density at radius 3 is 2.00 bits per heavy atom. The van der Waals surface area contributed by atoms with Crippen LogP contribution in [0.15, 0.2) is 18.2 Å². The molecule has 0 radical (unpaired) electrons. The number of benzene rings is 1. The summed E-state index contributed by atoms with van der Waals surface area (Å²) in [6, 6.07) is 6.19. The molecule has 0 unspecified atom stereocenters. The van der Waals surface area contributed by atoms with Crippen molar-refractivity contribution in [2.45, 2.75) is 13.8 Å². The van der Waals surface area contributed by atoms with Gasteiger partial charge in [-0.25, -0.2) is 0 Å². The molecule has 10 heavy (non-hydrogen) atoms. The van der Waals surface area contributed by atoms with Crippen LogP contribution in [0.3, 0.4) is 0 Å². The Kier molecular flexibility index (Phi) is 2.87. The third-order valence-corrected chi connectivity index (χ3v) is 2.11. The van der Waals surface area contributed by atoms with Crippen LogP contribution in [0, 0.1) is 13.8 Å². The predicted octanol–water partition coefficient (Wildman–Crippen LogP) is 2.14. The second-order valence-electron chi connectivity index (χ2n) is 2.34. The Morgan fingerprint density at radius 2 is 1.70 bits per heavy atom. The van der Waals surface area contributed by atoms with Crippen molar-refractivity contribution in [2.75, 3.05) is 0 Å². The van der Waals surface area contributed by atoms with Gasteiger partial charge in [-0.05, 0) is 0 Å². The third-order valence-electron chi connectivity index (χ3n) is 1.53. The fourth-order valence-corrected chi connectivity index (χ4v) is 1.90. The van der Waals surface area contributed by atoms with Crippen molar-refractivity contribution in [3.63, 3.8) is 0 Å². The Labute approximate surface area is 82.0 Å². The van der Waals surface area contributed by atoms with E-state index >= 15 is 0 Å². The van der Waals surface area contributed by atoms with Gasteiger partial charge in [-0.1, -0.05) is 0 Å². The van der Waals surface area contributed by atoms with Gasteiger partial charge in [0.05, 0.1) is 0 Å². The van der Waals surface area contributed by atoms with Gasteiger partial charge in [-0.2, -0.15) is 0 Å². The first kappa shape index (κ1) is 8.22. The molecule has 1 rings (SSSR count). The Hall–Kier alpha value is 0.124. The molecular weight excluding hydrogens is 201 g/mol. The van der Waals surface area contributed by atoms with Crippen molar-refractivity contribution in [1.82, 2.24) is 0 Å². The van der Waals surface area contributed by atoms with Gasteiger partial charge in [-0.3, -0.25) is 0 Å². The van der Waals surface area contributed by atoms with Crippen molar-refractivity contribution >= 4 is 0 Å². The predicted molar refractivity (Wildman–Crippen MR) is 36.5 cm³/mol. The molecule has 0 spiro atoms. The van der Waals surface area contributed by atoms with Crippen molar-refractivity contribution in [3.05, 3.63) is 29.3 Å². The molecule has 0 fully saturated rings. The second-order valence-corrected chi connectivity index (χ2v) is 2.92. The van der Waals surface area contributed by atoms with Crippen LogP contribution < -0.4 is 2.05 Å². The van der Waals surface area contributed by atoms with Crippen molar-refractivity contribution in [3.8, 4) is 5.75 Å². The SMILES string of the molecule is Cc1cccc(C)c1[O][Y]. The molecule has 0 aliphatic heterocycles. The van der Waals surface area contributed by atoms with Crippen LogP contribution in [0.2, 0.25) is 0 Å². The van der Waals surface area contributed by atoms with E-state index in [-0.39, 0.29) is 0 Å². The van der Waals surface area contributed by atoms with Crippen molar-refractivity contribution < 1.29 is 33.5 Å². The third kappa shape index (κ3) is 1.59. The number of rotatable bonds is 1. The molecule has 0 amide bonds. The summed E-state index contributed by atoms with van der Waals surface area (Å²) < 4.78 is 5.31. The molecule has 1 aromatic carbocycles. The van der Waals surface area contributed by atoms with Gasteiger partial charge in [0.25, 0.3) is 0 Å². The topological polar surface area (TPSA) is 9.23 Å². The molecule has 1 nitrogen and oxygen atoms in total. The fourth-order valence-electron chi connectivity index (χ4n) is 0.985. The van der Waals surface area contributed by atoms with Crippen LogP contribution >= 0.6 is 0 Å². The van der Waals surface area contributed by atoms with Crippen LogP contribution in [0.5, 0.6) is 5.75 Å². The molecule has 1 aromatic rings. The second kappa shape index (κ2) is 3.50. The van der Waals surface area contributed by atoms with Gasteiger partial charge >= 0.3 is 82.4 Å². The maximum absolute atomic E-state index is 5.31. The minimum absolute atomic E-state index is 0.833. The van der Waals surface area contributed by atoms with E-state index in [1.54, 1.807) is 0 Å². The van der Waals surface area contributed by atoms with Crippen molar-refractivity contribution in [1.29, 1.82) is 0 Å². The van der Waals surface area contributed by atoms with Crippen LogP contribution in [0.25, 0.3) is 0 Å². The van der Waals surface area contributed by atoms with Gasteiger partial charge in [0.2, 0.25) is 0 Å². The zero-order valence-corrected chi connectivity index (χ0v) is 9.06. The van der Waals surface area contributed by atoms with Crippen LogP contribution in [0.1, 0.15) is 11.1 Å². The van der Waals surface area contributed by atoms with Gasteiger partial charge in [0.15, 0.2) is 0 Å². The summed E-state index contributed by atoms with van der Waals surface area (Å²) in [7, 11) is 0. The summed E-state index contributed by atoms with van der Waals surface area (Å²) in [6.07, 6.45) is 0. The summed E-state index contributed by atoms with van der Waals surface area (Å²) in [5.41, 5.74) is 2.46. The molecule has 0 atom stereocenters. The average molecular weight is 210 g/mol. The van der Waals surface area contributed by atoms with Gasteiger partial charge in [0.1, 0.15) is 0 Å². The molecular formula is C8H9OY. The zero-order valence-electron chi connectivity index (χ0n) is 6.22. The first-order valence-electron chi connectivity index (χ1n) is 3.18. The first-order valence-corrected chi connectivity index (χ1v) is 4.34. The van der Waals surface area contributed by atoms with E-state index in [0.29, 0.717) is 0 Å². The van der Waals surface area contributed by atoms with Gasteiger partial charge < -0.3 is 0 Å². The zero-order chi connectivity index (χ0) is 7.56. The molecule has 0 aliphatic carbocycles. The molecule has 50 valence electrons. The number of para-hydroxylation sites is 1. The van der Waals surface area contributed by atoms with Gasteiger partial charge in [0, 0.05) is 0 Å². The molecule has 2 heteroatoms. The quantitative estimate of drug-likeness (QED) is 0.689. The summed E-state index contributed by atoms with van der Waals surface area (Å²) in [5, 5.41) is 0. The summed E-state index contributed by atoms with van der Waals surface area (Å²) in [4.78, 5) is 0. The summed E-state index contributed by atoms with van der Waals surface area (Å²) >= 11 is 0.833. The molecule has 0 N–H and O–H groups in total. The fraction of sp³-hybridized carbons (Fsp3) is 0.250. The Morgan fingerprint density at radius 1 is 1.20 bits per heavy atom. The van der Waals surface area contributed by atoms with Crippen molar-refractivity contribution in [2.24, 2.45) is 0 Å². The molecule has 0 saturated heterocycles. The molecule has 0 aromatic heterocycles. The number of aryl methyl sites for hydroxylation is 2. The van der Waals surface area contributed by atoms with E-state index in [0.717, 1.165) is 37.2 Å². The number of hydrogen-bond donors (Lipinski definition) is 0. The average Bonchev–Trinajstić information content (AvgIpc) is 1.88.